The van der Waals surface area contributed by atoms with Gasteiger partial charge in [-0.05, 0) is 24.1 Å². The van der Waals surface area contributed by atoms with Crippen molar-refractivity contribution in [3.05, 3.63) is 69.8 Å². The molecule has 1 fully saturated rings. The van der Waals surface area contributed by atoms with Crippen LogP contribution < -0.4 is 5.32 Å². The smallest absolute Gasteiger partial charge is 0.293 e. The summed E-state index contributed by atoms with van der Waals surface area (Å²) in [5.41, 5.74) is 2.25. The van der Waals surface area contributed by atoms with E-state index in [0.29, 0.717) is 0 Å². The summed E-state index contributed by atoms with van der Waals surface area (Å²) in [5.74, 6) is -0.224. The van der Waals surface area contributed by atoms with Crippen LogP contribution in [0.3, 0.4) is 0 Å². The van der Waals surface area contributed by atoms with E-state index in [1.54, 1.807) is 19.1 Å². The fourth-order valence-corrected chi connectivity index (χ4v) is 3.24. The minimum absolute atomic E-state index is 0.0731. The third-order valence-electron chi connectivity index (χ3n) is 4.71. The molecule has 2 aromatic carbocycles. The third kappa shape index (κ3) is 5.35. The maximum absolute atomic E-state index is 12.3. The first-order valence-electron chi connectivity index (χ1n) is 9.05. The highest BCUT2D eigenvalue weighted by Gasteiger charge is 2.21. The SMILES string of the molecule is Cc1ccc(NC(=O)CN2CCN(Cc3ccccc3)CC2)c([N+](=O)[O-])c1. The number of hydrogen-bond acceptors (Lipinski definition) is 5. The van der Waals surface area contributed by atoms with Crippen LogP contribution >= 0.6 is 0 Å². The first kappa shape index (κ1) is 19.0. The van der Waals surface area contributed by atoms with Crippen molar-refractivity contribution in [1.82, 2.24) is 9.80 Å². The molecule has 3 rings (SSSR count). The fourth-order valence-electron chi connectivity index (χ4n) is 3.24. The molecule has 0 radical (unpaired) electrons. The average molecular weight is 368 g/mol. The second-order valence-corrected chi connectivity index (χ2v) is 6.86. The number of aryl methyl sites for hydroxylation is 1. The lowest BCUT2D eigenvalue weighted by Crippen LogP contribution is -2.48. The van der Waals surface area contributed by atoms with Crippen molar-refractivity contribution in [3.63, 3.8) is 0 Å². The van der Waals surface area contributed by atoms with E-state index in [0.717, 1.165) is 38.3 Å². The van der Waals surface area contributed by atoms with E-state index in [4.69, 9.17) is 0 Å². The molecular formula is C20H24N4O3. The normalized spacial score (nSPS) is 15.4. The van der Waals surface area contributed by atoms with Gasteiger partial charge in [-0.25, -0.2) is 0 Å². The molecule has 0 bridgehead atoms. The maximum Gasteiger partial charge on any atom is 0.293 e. The van der Waals surface area contributed by atoms with Gasteiger partial charge >= 0.3 is 0 Å². The maximum atomic E-state index is 12.3. The van der Waals surface area contributed by atoms with Crippen LogP contribution in [-0.4, -0.2) is 53.4 Å². The third-order valence-corrected chi connectivity index (χ3v) is 4.71. The van der Waals surface area contributed by atoms with Crippen LogP contribution in [-0.2, 0) is 11.3 Å². The van der Waals surface area contributed by atoms with Crippen LogP contribution in [0.25, 0.3) is 0 Å². The van der Waals surface area contributed by atoms with Crippen molar-refractivity contribution in [1.29, 1.82) is 0 Å². The summed E-state index contributed by atoms with van der Waals surface area (Å²) in [6.07, 6.45) is 0. The average Bonchev–Trinajstić information content (AvgIpc) is 2.65. The Hall–Kier alpha value is -2.77. The van der Waals surface area contributed by atoms with Gasteiger partial charge in [-0.1, -0.05) is 36.4 Å². The molecule has 1 N–H and O–H groups in total. The van der Waals surface area contributed by atoms with Crippen LogP contribution in [0.5, 0.6) is 0 Å². The Morgan fingerprint density at radius 2 is 1.74 bits per heavy atom. The Morgan fingerprint density at radius 3 is 2.41 bits per heavy atom. The highest BCUT2D eigenvalue weighted by atomic mass is 16.6. The number of nitro benzene ring substituents is 1. The predicted molar refractivity (Wildman–Crippen MR) is 105 cm³/mol. The molecule has 0 spiro atoms. The summed E-state index contributed by atoms with van der Waals surface area (Å²) in [5, 5.41) is 13.9. The van der Waals surface area contributed by atoms with E-state index in [-0.39, 0.29) is 23.8 Å². The van der Waals surface area contributed by atoms with Gasteiger partial charge in [0, 0.05) is 38.8 Å². The molecule has 142 valence electrons. The van der Waals surface area contributed by atoms with Gasteiger partial charge in [-0.2, -0.15) is 0 Å². The Morgan fingerprint density at radius 1 is 1.07 bits per heavy atom. The molecule has 0 unspecified atom stereocenters. The Bertz CT molecular complexity index is 802. The van der Waals surface area contributed by atoms with E-state index in [1.807, 2.05) is 18.2 Å². The summed E-state index contributed by atoms with van der Waals surface area (Å²) < 4.78 is 0. The number of benzene rings is 2. The first-order valence-corrected chi connectivity index (χ1v) is 9.05. The fraction of sp³-hybridized carbons (Fsp3) is 0.350. The molecule has 1 saturated heterocycles. The van der Waals surface area contributed by atoms with E-state index < -0.39 is 4.92 Å². The number of hydrogen-bond donors (Lipinski definition) is 1. The Balaban J connectivity index is 1.49. The standard InChI is InChI=1S/C20H24N4O3/c1-16-7-8-18(19(13-16)24(26)27)21-20(25)15-23-11-9-22(10-12-23)14-17-5-3-2-4-6-17/h2-8,13H,9-12,14-15H2,1H3,(H,21,25). The van der Waals surface area contributed by atoms with E-state index in [2.05, 4.69) is 27.2 Å². The van der Waals surface area contributed by atoms with E-state index in [1.165, 1.54) is 11.6 Å². The van der Waals surface area contributed by atoms with Gasteiger partial charge < -0.3 is 5.32 Å². The van der Waals surface area contributed by atoms with Gasteiger partial charge in [0.1, 0.15) is 5.69 Å². The number of rotatable bonds is 6. The van der Waals surface area contributed by atoms with Crippen LogP contribution in [0.2, 0.25) is 0 Å². The number of nitrogens with zero attached hydrogens (tertiary/aromatic N) is 3. The molecule has 0 aliphatic carbocycles. The van der Waals surface area contributed by atoms with Gasteiger partial charge in [-0.3, -0.25) is 24.7 Å². The lowest BCUT2D eigenvalue weighted by molar-refractivity contribution is -0.384. The van der Waals surface area contributed by atoms with Crippen molar-refractivity contribution < 1.29 is 9.72 Å². The molecule has 1 heterocycles. The summed E-state index contributed by atoms with van der Waals surface area (Å²) in [6.45, 7) is 6.33. The number of piperazine rings is 1. The largest absolute Gasteiger partial charge is 0.319 e. The lowest BCUT2D eigenvalue weighted by atomic mass is 10.2. The minimum Gasteiger partial charge on any atom is -0.319 e. The molecule has 0 saturated carbocycles. The lowest BCUT2D eigenvalue weighted by Gasteiger charge is -2.34. The quantitative estimate of drug-likeness (QED) is 0.626. The summed E-state index contributed by atoms with van der Waals surface area (Å²) in [7, 11) is 0. The minimum atomic E-state index is -0.467. The number of carbonyl (C=O) groups excluding carboxylic acids is 1. The summed E-state index contributed by atoms with van der Waals surface area (Å²) in [6, 6.07) is 15.1. The molecule has 2 aromatic rings. The molecule has 7 heteroatoms. The first-order chi connectivity index (χ1) is 13.0. The number of nitro groups is 1. The number of carbonyl (C=O) groups is 1. The van der Waals surface area contributed by atoms with Gasteiger partial charge in [0.25, 0.3) is 5.69 Å². The number of anilines is 1. The molecule has 0 atom stereocenters. The molecular weight excluding hydrogens is 344 g/mol. The Labute approximate surface area is 158 Å². The van der Waals surface area contributed by atoms with E-state index >= 15 is 0 Å². The predicted octanol–water partition coefficient (Wildman–Crippen LogP) is 2.66. The number of amides is 1. The molecule has 1 aliphatic rings. The van der Waals surface area contributed by atoms with Crippen molar-refractivity contribution >= 4 is 17.3 Å². The molecule has 7 nitrogen and oxygen atoms in total. The van der Waals surface area contributed by atoms with Crippen LogP contribution in [0.4, 0.5) is 11.4 Å². The zero-order valence-electron chi connectivity index (χ0n) is 15.4. The molecule has 27 heavy (non-hydrogen) atoms. The summed E-state index contributed by atoms with van der Waals surface area (Å²) in [4.78, 5) is 27.5. The van der Waals surface area contributed by atoms with Gasteiger partial charge in [0.05, 0.1) is 11.5 Å². The second kappa shape index (κ2) is 8.75. The summed E-state index contributed by atoms with van der Waals surface area (Å²) >= 11 is 0. The Kier molecular flexibility index (Phi) is 6.16. The zero-order valence-corrected chi connectivity index (χ0v) is 15.4. The topological polar surface area (TPSA) is 78.7 Å². The zero-order chi connectivity index (χ0) is 19.2. The van der Waals surface area contributed by atoms with E-state index in [9.17, 15) is 14.9 Å². The van der Waals surface area contributed by atoms with Crippen molar-refractivity contribution in [3.8, 4) is 0 Å². The van der Waals surface area contributed by atoms with Crippen molar-refractivity contribution in [2.75, 3.05) is 38.0 Å². The van der Waals surface area contributed by atoms with Crippen LogP contribution in [0.1, 0.15) is 11.1 Å². The van der Waals surface area contributed by atoms with Crippen LogP contribution in [0.15, 0.2) is 48.5 Å². The number of nitrogens with one attached hydrogen (secondary N) is 1. The second-order valence-electron chi connectivity index (χ2n) is 6.86. The van der Waals surface area contributed by atoms with Gasteiger partial charge in [-0.15, -0.1) is 0 Å². The van der Waals surface area contributed by atoms with Crippen LogP contribution in [0, 0.1) is 17.0 Å². The monoisotopic (exact) mass is 368 g/mol. The highest BCUT2D eigenvalue weighted by Crippen LogP contribution is 2.25. The molecule has 1 amide bonds. The highest BCUT2D eigenvalue weighted by molar-refractivity contribution is 5.94. The molecule has 0 aromatic heterocycles. The van der Waals surface area contributed by atoms with Crippen molar-refractivity contribution in [2.24, 2.45) is 0 Å². The molecule has 1 aliphatic heterocycles. The van der Waals surface area contributed by atoms with Gasteiger partial charge in [0.2, 0.25) is 5.91 Å². The van der Waals surface area contributed by atoms with Crippen molar-refractivity contribution in [2.45, 2.75) is 13.5 Å². The van der Waals surface area contributed by atoms with Gasteiger partial charge in [0.15, 0.2) is 0 Å².